The highest BCUT2D eigenvalue weighted by molar-refractivity contribution is 6.33. The van der Waals surface area contributed by atoms with Gasteiger partial charge in [0.2, 0.25) is 0 Å². The zero-order valence-corrected chi connectivity index (χ0v) is 10.8. The lowest BCUT2D eigenvalue weighted by atomic mass is 10.2. The minimum atomic E-state index is 0.437. The Morgan fingerprint density at radius 1 is 1.33 bits per heavy atom. The maximum absolute atomic E-state index is 6.10. The number of anilines is 3. The summed E-state index contributed by atoms with van der Waals surface area (Å²) in [5.74, 6) is 1.77. The molecule has 2 aromatic rings. The van der Waals surface area contributed by atoms with E-state index in [4.69, 9.17) is 22.1 Å². The highest BCUT2D eigenvalue weighted by Crippen LogP contribution is 2.30. The molecule has 0 unspecified atom stereocenters. The quantitative estimate of drug-likeness (QED) is 0.892. The molecule has 0 spiro atoms. The third kappa shape index (κ3) is 2.46. The number of nitrogens with one attached hydrogen (secondary N) is 1. The minimum absolute atomic E-state index is 0.437. The Hall–Kier alpha value is -2.01. The molecule has 0 saturated carbocycles. The molecule has 0 atom stereocenters. The van der Waals surface area contributed by atoms with Gasteiger partial charge in [0.1, 0.15) is 23.7 Å². The monoisotopic (exact) mass is 264 g/mol. The van der Waals surface area contributed by atoms with Gasteiger partial charge in [-0.05, 0) is 19.1 Å². The summed E-state index contributed by atoms with van der Waals surface area (Å²) in [5.41, 5.74) is 7.20. The molecule has 1 aromatic heterocycles. The van der Waals surface area contributed by atoms with Crippen LogP contribution in [0.25, 0.3) is 0 Å². The molecule has 1 aromatic carbocycles. The highest BCUT2D eigenvalue weighted by atomic mass is 35.5. The van der Waals surface area contributed by atoms with Crippen molar-refractivity contribution < 1.29 is 4.74 Å². The highest BCUT2D eigenvalue weighted by Gasteiger charge is 2.07. The lowest BCUT2D eigenvalue weighted by Crippen LogP contribution is -2.02. The van der Waals surface area contributed by atoms with Gasteiger partial charge in [-0.15, -0.1) is 0 Å². The van der Waals surface area contributed by atoms with E-state index in [9.17, 15) is 0 Å². The van der Waals surface area contributed by atoms with E-state index in [2.05, 4.69) is 15.3 Å². The normalized spacial score (nSPS) is 10.2. The number of rotatable bonds is 3. The van der Waals surface area contributed by atoms with Crippen molar-refractivity contribution in [3.8, 4) is 5.75 Å². The van der Waals surface area contributed by atoms with Crippen LogP contribution < -0.4 is 15.8 Å². The Kier molecular flexibility index (Phi) is 3.53. The van der Waals surface area contributed by atoms with Crippen LogP contribution in [0.2, 0.25) is 5.02 Å². The average molecular weight is 265 g/mol. The molecule has 5 nitrogen and oxygen atoms in total. The number of benzene rings is 1. The second-order valence-electron chi connectivity index (χ2n) is 3.70. The fraction of sp³-hybridized carbons (Fsp3) is 0.167. The molecule has 0 bridgehead atoms. The van der Waals surface area contributed by atoms with E-state index in [0.717, 1.165) is 5.56 Å². The molecule has 0 fully saturated rings. The fourth-order valence-electron chi connectivity index (χ4n) is 1.44. The zero-order chi connectivity index (χ0) is 13.1. The van der Waals surface area contributed by atoms with E-state index in [-0.39, 0.29) is 0 Å². The predicted octanol–water partition coefficient (Wildman–Crippen LogP) is 2.77. The first-order valence-corrected chi connectivity index (χ1v) is 5.67. The van der Waals surface area contributed by atoms with Crippen LogP contribution in [0.15, 0.2) is 24.5 Å². The van der Waals surface area contributed by atoms with E-state index in [1.165, 1.54) is 6.33 Å². The Balaban J connectivity index is 2.36. The van der Waals surface area contributed by atoms with Gasteiger partial charge in [0.25, 0.3) is 0 Å². The van der Waals surface area contributed by atoms with Crippen LogP contribution in [0.5, 0.6) is 5.75 Å². The van der Waals surface area contributed by atoms with Crippen LogP contribution in [0, 0.1) is 6.92 Å². The number of aromatic nitrogens is 2. The number of halogens is 1. The first-order valence-electron chi connectivity index (χ1n) is 5.29. The molecule has 2 rings (SSSR count). The van der Waals surface area contributed by atoms with Crippen molar-refractivity contribution in [3.63, 3.8) is 0 Å². The van der Waals surface area contributed by atoms with E-state index in [0.29, 0.717) is 28.1 Å². The molecular formula is C12H13ClN4O. The maximum Gasteiger partial charge on any atom is 0.138 e. The first kappa shape index (κ1) is 12.4. The van der Waals surface area contributed by atoms with Gasteiger partial charge in [-0.25, -0.2) is 9.97 Å². The number of nitrogen functional groups attached to an aromatic ring is 1. The standard InChI is InChI=1S/C12H13ClN4O/c1-7-11(14)15-6-16-12(7)17-10-5-8(18-2)3-4-9(10)13/h3-6H,1-2H3,(H3,14,15,16,17). The van der Waals surface area contributed by atoms with Crippen LogP contribution in [-0.4, -0.2) is 17.1 Å². The summed E-state index contributed by atoms with van der Waals surface area (Å²) in [6, 6.07) is 5.33. The number of methoxy groups -OCH3 is 1. The summed E-state index contributed by atoms with van der Waals surface area (Å²) in [7, 11) is 1.60. The van der Waals surface area contributed by atoms with Crippen LogP contribution in [0.3, 0.4) is 0 Å². The van der Waals surface area contributed by atoms with E-state index >= 15 is 0 Å². The Labute approximate surface area is 110 Å². The van der Waals surface area contributed by atoms with Gasteiger partial charge in [0.15, 0.2) is 0 Å². The molecule has 0 saturated heterocycles. The van der Waals surface area contributed by atoms with Gasteiger partial charge in [-0.1, -0.05) is 11.6 Å². The lowest BCUT2D eigenvalue weighted by Gasteiger charge is -2.11. The lowest BCUT2D eigenvalue weighted by molar-refractivity contribution is 0.415. The van der Waals surface area contributed by atoms with Gasteiger partial charge < -0.3 is 15.8 Å². The number of hydrogen-bond acceptors (Lipinski definition) is 5. The van der Waals surface area contributed by atoms with Gasteiger partial charge in [-0.3, -0.25) is 0 Å². The van der Waals surface area contributed by atoms with Gasteiger partial charge >= 0.3 is 0 Å². The molecule has 0 radical (unpaired) electrons. The predicted molar refractivity (Wildman–Crippen MR) is 72.5 cm³/mol. The van der Waals surface area contributed by atoms with Crippen molar-refractivity contribution in [2.75, 3.05) is 18.2 Å². The number of nitrogens with zero attached hydrogens (tertiary/aromatic N) is 2. The van der Waals surface area contributed by atoms with Crippen molar-refractivity contribution in [2.24, 2.45) is 0 Å². The summed E-state index contributed by atoms with van der Waals surface area (Å²) in [6.07, 6.45) is 1.40. The molecule has 0 aliphatic heterocycles. The van der Waals surface area contributed by atoms with E-state index < -0.39 is 0 Å². The molecule has 18 heavy (non-hydrogen) atoms. The van der Waals surface area contributed by atoms with Crippen molar-refractivity contribution in [3.05, 3.63) is 35.1 Å². The second kappa shape index (κ2) is 5.10. The minimum Gasteiger partial charge on any atom is -0.497 e. The van der Waals surface area contributed by atoms with E-state index in [1.807, 2.05) is 6.92 Å². The van der Waals surface area contributed by atoms with Crippen LogP contribution in [0.1, 0.15) is 5.56 Å². The summed E-state index contributed by atoms with van der Waals surface area (Å²) in [4.78, 5) is 8.04. The molecule has 0 aliphatic rings. The Morgan fingerprint density at radius 3 is 2.83 bits per heavy atom. The number of hydrogen-bond donors (Lipinski definition) is 2. The molecule has 6 heteroatoms. The van der Waals surface area contributed by atoms with Gasteiger partial charge in [0.05, 0.1) is 17.8 Å². The zero-order valence-electron chi connectivity index (χ0n) is 10.1. The van der Waals surface area contributed by atoms with E-state index in [1.54, 1.807) is 25.3 Å². The van der Waals surface area contributed by atoms with Crippen molar-refractivity contribution in [1.29, 1.82) is 0 Å². The molecular weight excluding hydrogens is 252 g/mol. The molecule has 94 valence electrons. The smallest absolute Gasteiger partial charge is 0.138 e. The third-order valence-corrected chi connectivity index (χ3v) is 2.88. The number of nitrogens with two attached hydrogens (primary N) is 1. The largest absolute Gasteiger partial charge is 0.497 e. The van der Waals surface area contributed by atoms with Gasteiger partial charge in [-0.2, -0.15) is 0 Å². The van der Waals surface area contributed by atoms with Crippen LogP contribution >= 0.6 is 11.6 Å². The topological polar surface area (TPSA) is 73.1 Å². The van der Waals surface area contributed by atoms with Crippen LogP contribution in [0.4, 0.5) is 17.3 Å². The average Bonchev–Trinajstić information content (AvgIpc) is 2.37. The molecule has 3 N–H and O–H groups in total. The first-order chi connectivity index (χ1) is 8.61. The number of ether oxygens (including phenoxy) is 1. The Bertz CT molecular complexity index is 574. The molecule has 1 heterocycles. The summed E-state index contributed by atoms with van der Waals surface area (Å²) < 4.78 is 5.15. The summed E-state index contributed by atoms with van der Waals surface area (Å²) in [5, 5.41) is 3.69. The SMILES string of the molecule is COc1ccc(Cl)c(Nc2ncnc(N)c2C)c1. The van der Waals surface area contributed by atoms with Crippen LogP contribution in [-0.2, 0) is 0 Å². The van der Waals surface area contributed by atoms with Gasteiger partial charge in [0, 0.05) is 11.6 Å². The van der Waals surface area contributed by atoms with Crippen molar-refractivity contribution in [2.45, 2.75) is 6.92 Å². The molecule has 0 aliphatic carbocycles. The Morgan fingerprint density at radius 2 is 2.11 bits per heavy atom. The summed E-state index contributed by atoms with van der Waals surface area (Å²) in [6.45, 7) is 1.84. The van der Waals surface area contributed by atoms with Crippen molar-refractivity contribution in [1.82, 2.24) is 9.97 Å². The fourth-order valence-corrected chi connectivity index (χ4v) is 1.61. The summed E-state index contributed by atoms with van der Waals surface area (Å²) >= 11 is 6.10. The third-order valence-electron chi connectivity index (χ3n) is 2.55. The maximum atomic E-state index is 6.10. The molecule has 0 amide bonds. The second-order valence-corrected chi connectivity index (χ2v) is 4.11. The van der Waals surface area contributed by atoms with Crippen molar-refractivity contribution >= 4 is 28.9 Å².